The van der Waals surface area contributed by atoms with E-state index in [-0.39, 0.29) is 5.91 Å². The molecule has 1 amide bonds. The summed E-state index contributed by atoms with van der Waals surface area (Å²) in [5, 5.41) is 0. The lowest BCUT2D eigenvalue weighted by atomic mass is 10.2. The van der Waals surface area contributed by atoms with Crippen molar-refractivity contribution in [2.45, 2.75) is 58.9 Å². The molecule has 90 valence electrons. The van der Waals surface area contributed by atoms with Crippen molar-refractivity contribution < 1.29 is 4.79 Å². The van der Waals surface area contributed by atoms with Crippen molar-refractivity contribution in [1.82, 2.24) is 4.90 Å². The van der Waals surface area contributed by atoms with Crippen molar-refractivity contribution in [1.29, 1.82) is 0 Å². The third-order valence-corrected chi connectivity index (χ3v) is 2.74. The molecule has 0 fully saturated rings. The predicted molar refractivity (Wildman–Crippen MR) is 66.3 cm³/mol. The van der Waals surface area contributed by atoms with E-state index in [9.17, 15) is 4.79 Å². The van der Waals surface area contributed by atoms with Gasteiger partial charge in [-0.05, 0) is 26.7 Å². The zero-order valence-corrected chi connectivity index (χ0v) is 11.0. The van der Waals surface area contributed by atoms with Crippen molar-refractivity contribution in [3.63, 3.8) is 0 Å². The zero-order chi connectivity index (χ0) is 11.7. The first-order chi connectivity index (χ1) is 7.13. The number of hydrogen-bond donors (Lipinski definition) is 0. The Morgan fingerprint density at radius 2 is 1.93 bits per heavy atom. The number of unbranched alkanes of at least 4 members (excludes halogenated alkanes) is 2. The Bertz CT molecular complexity index is 171. The molecular weight excluding hydrogens is 210 g/mol. The number of nitrogens with zero attached hydrogens (tertiary/aromatic N) is 1. The number of rotatable bonds is 8. The van der Waals surface area contributed by atoms with Crippen LogP contribution in [-0.2, 0) is 4.79 Å². The summed E-state index contributed by atoms with van der Waals surface area (Å²) in [4.78, 5) is 13.8. The van der Waals surface area contributed by atoms with Crippen LogP contribution in [0.3, 0.4) is 0 Å². The van der Waals surface area contributed by atoms with Crippen molar-refractivity contribution in [3.05, 3.63) is 0 Å². The molecule has 0 aliphatic carbocycles. The highest BCUT2D eigenvalue weighted by molar-refractivity contribution is 6.17. The summed E-state index contributed by atoms with van der Waals surface area (Å²) in [5.41, 5.74) is 0. The second-order valence-corrected chi connectivity index (χ2v) is 4.56. The number of carbonyl (C=O) groups excluding carboxylic acids is 1. The minimum atomic E-state index is 0.252. The second-order valence-electron chi connectivity index (χ2n) is 4.18. The average Bonchev–Trinajstić information content (AvgIpc) is 2.20. The van der Waals surface area contributed by atoms with Gasteiger partial charge in [0.1, 0.15) is 0 Å². The fourth-order valence-corrected chi connectivity index (χ4v) is 1.70. The van der Waals surface area contributed by atoms with Crippen molar-refractivity contribution in [2.24, 2.45) is 0 Å². The minimum absolute atomic E-state index is 0.252. The van der Waals surface area contributed by atoms with Gasteiger partial charge in [-0.3, -0.25) is 4.79 Å². The molecule has 0 heterocycles. The Hall–Kier alpha value is -0.240. The molecule has 0 N–H and O–H groups in total. The standard InChI is InChI=1S/C12H24ClNO/c1-4-5-6-10-14(11(2)3)12(15)8-7-9-13/h11H,4-10H2,1-3H3. The molecule has 0 aliphatic heterocycles. The van der Waals surface area contributed by atoms with Gasteiger partial charge in [0.15, 0.2) is 0 Å². The molecule has 0 saturated carbocycles. The number of hydrogen-bond acceptors (Lipinski definition) is 1. The fraction of sp³-hybridized carbons (Fsp3) is 0.917. The van der Waals surface area contributed by atoms with Crippen LogP contribution in [-0.4, -0.2) is 29.3 Å². The molecule has 0 spiro atoms. The third kappa shape index (κ3) is 6.77. The lowest BCUT2D eigenvalue weighted by Gasteiger charge is -2.26. The maximum absolute atomic E-state index is 11.8. The van der Waals surface area contributed by atoms with Crippen LogP contribution >= 0.6 is 11.6 Å². The molecular formula is C12H24ClNO. The van der Waals surface area contributed by atoms with Gasteiger partial charge in [-0.25, -0.2) is 0 Å². The third-order valence-electron chi connectivity index (χ3n) is 2.47. The lowest BCUT2D eigenvalue weighted by molar-refractivity contribution is -0.133. The van der Waals surface area contributed by atoms with E-state index in [1.54, 1.807) is 0 Å². The van der Waals surface area contributed by atoms with Crippen LogP contribution in [0.15, 0.2) is 0 Å². The summed E-state index contributed by atoms with van der Waals surface area (Å²) in [6.07, 6.45) is 4.89. The lowest BCUT2D eigenvalue weighted by Crippen LogP contribution is -2.37. The molecule has 0 aromatic carbocycles. The van der Waals surface area contributed by atoms with Crippen molar-refractivity contribution in [3.8, 4) is 0 Å². The van der Waals surface area contributed by atoms with Gasteiger partial charge in [-0.2, -0.15) is 0 Å². The van der Waals surface area contributed by atoms with Crippen LogP contribution in [0.25, 0.3) is 0 Å². The quantitative estimate of drug-likeness (QED) is 0.465. The molecule has 0 radical (unpaired) electrons. The maximum atomic E-state index is 11.8. The SMILES string of the molecule is CCCCCN(C(=O)CCCCl)C(C)C. The van der Waals surface area contributed by atoms with Crippen LogP contribution in [0.5, 0.6) is 0 Å². The highest BCUT2D eigenvalue weighted by atomic mass is 35.5. The molecule has 0 aromatic heterocycles. The molecule has 0 unspecified atom stereocenters. The van der Waals surface area contributed by atoms with E-state index in [0.717, 1.165) is 19.4 Å². The van der Waals surface area contributed by atoms with Crippen LogP contribution in [0, 0.1) is 0 Å². The van der Waals surface area contributed by atoms with E-state index in [1.165, 1.54) is 12.8 Å². The molecule has 0 bridgehead atoms. The fourth-order valence-electron chi connectivity index (χ4n) is 1.56. The Balaban J connectivity index is 3.96. The summed E-state index contributed by atoms with van der Waals surface area (Å²) < 4.78 is 0. The summed E-state index contributed by atoms with van der Waals surface area (Å²) in [6, 6.07) is 0.310. The molecule has 0 saturated heterocycles. The van der Waals surface area contributed by atoms with E-state index in [1.807, 2.05) is 4.90 Å². The zero-order valence-electron chi connectivity index (χ0n) is 10.3. The Kier molecular flexibility index (Phi) is 8.88. The molecule has 3 heteroatoms. The average molecular weight is 234 g/mol. The topological polar surface area (TPSA) is 20.3 Å². The molecule has 0 atom stereocenters. The Morgan fingerprint density at radius 1 is 1.27 bits per heavy atom. The van der Waals surface area contributed by atoms with E-state index in [2.05, 4.69) is 20.8 Å². The van der Waals surface area contributed by atoms with Crippen molar-refractivity contribution >= 4 is 17.5 Å². The van der Waals surface area contributed by atoms with Crippen molar-refractivity contribution in [2.75, 3.05) is 12.4 Å². The minimum Gasteiger partial charge on any atom is -0.340 e. The molecule has 2 nitrogen and oxygen atoms in total. The highest BCUT2D eigenvalue weighted by Gasteiger charge is 2.15. The Labute approximate surface area is 99.0 Å². The highest BCUT2D eigenvalue weighted by Crippen LogP contribution is 2.07. The first-order valence-electron chi connectivity index (χ1n) is 5.98. The van der Waals surface area contributed by atoms with Gasteiger partial charge in [0, 0.05) is 24.9 Å². The van der Waals surface area contributed by atoms with E-state index >= 15 is 0 Å². The Morgan fingerprint density at radius 3 is 2.40 bits per heavy atom. The van der Waals surface area contributed by atoms with E-state index < -0.39 is 0 Å². The van der Waals surface area contributed by atoms with Gasteiger partial charge in [0.2, 0.25) is 5.91 Å². The summed E-state index contributed by atoms with van der Waals surface area (Å²) in [7, 11) is 0. The van der Waals surface area contributed by atoms with Crippen LogP contribution in [0.4, 0.5) is 0 Å². The smallest absolute Gasteiger partial charge is 0.222 e. The summed E-state index contributed by atoms with van der Waals surface area (Å²) in [5.74, 6) is 0.828. The number of halogens is 1. The molecule has 0 rings (SSSR count). The van der Waals surface area contributed by atoms with Crippen LogP contribution in [0.2, 0.25) is 0 Å². The maximum Gasteiger partial charge on any atom is 0.222 e. The number of alkyl halides is 1. The molecule has 0 aromatic rings. The molecule has 15 heavy (non-hydrogen) atoms. The van der Waals surface area contributed by atoms with Crippen LogP contribution in [0.1, 0.15) is 52.9 Å². The predicted octanol–water partition coefficient (Wildman–Crippen LogP) is 3.43. The van der Waals surface area contributed by atoms with E-state index in [0.29, 0.717) is 18.3 Å². The van der Waals surface area contributed by atoms with Gasteiger partial charge >= 0.3 is 0 Å². The monoisotopic (exact) mass is 233 g/mol. The summed E-state index contributed by atoms with van der Waals surface area (Å²) in [6.45, 7) is 7.22. The first kappa shape index (κ1) is 14.8. The van der Waals surface area contributed by atoms with Gasteiger partial charge in [-0.1, -0.05) is 19.8 Å². The van der Waals surface area contributed by atoms with Gasteiger partial charge in [-0.15, -0.1) is 11.6 Å². The normalized spacial score (nSPS) is 10.7. The first-order valence-corrected chi connectivity index (χ1v) is 6.52. The second kappa shape index (κ2) is 9.02. The molecule has 0 aliphatic rings. The van der Waals surface area contributed by atoms with Gasteiger partial charge < -0.3 is 4.90 Å². The number of amides is 1. The van der Waals surface area contributed by atoms with Gasteiger partial charge in [0.05, 0.1) is 0 Å². The van der Waals surface area contributed by atoms with Gasteiger partial charge in [0.25, 0.3) is 0 Å². The summed E-state index contributed by atoms with van der Waals surface area (Å²) >= 11 is 5.59. The van der Waals surface area contributed by atoms with E-state index in [4.69, 9.17) is 11.6 Å². The largest absolute Gasteiger partial charge is 0.340 e. The number of carbonyl (C=O) groups is 1. The van der Waals surface area contributed by atoms with Crippen LogP contribution < -0.4 is 0 Å².